The maximum atomic E-state index is 8.66. The zero-order valence-corrected chi connectivity index (χ0v) is 7.80. The molecule has 0 atom stereocenters. The third kappa shape index (κ3) is 601. The van der Waals surface area contributed by atoms with Gasteiger partial charge in [0.15, 0.2) is 0 Å². The molecule has 0 unspecified atom stereocenters. The fourth-order valence-electron chi connectivity index (χ4n) is 0. The van der Waals surface area contributed by atoms with Crippen LogP contribution in [0.25, 0.3) is 0 Å². The van der Waals surface area contributed by atoms with Crippen LogP contribution in [-0.2, 0) is 30.8 Å². The van der Waals surface area contributed by atoms with Gasteiger partial charge in [-0.05, 0) is 0 Å². The smallest absolute Gasteiger partial charge is 0.813 e. The molecule has 0 aliphatic rings. The van der Waals surface area contributed by atoms with E-state index in [2.05, 4.69) is 0 Å². The number of rotatable bonds is 0. The summed E-state index contributed by atoms with van der Waals surface area (Å²) in [4.78, 5) is 41.3. The van der Waals surface area contributed by atoms with Gasteiger partial charge in [-0.3, -0.25) is 0 Å². The van der Waals surface area contributed by atoms with Crippen molar-refractivity contribution in [3.05, 3.63) is 0 Å². The van der Waals surface area contributed by atoms with Gasteiger partial charge in [-0.25, -0.2) is 0 Å². The minimum absolute atomic E-state index is 0. The largest absolute Gasteiger partial charge is 4.00 e. The molecule has 0 amide bonds. The maximum absolute atomic E-state index is 8.66. The Morgan fingerprint density at radius 2 is 1.30 bits per heavy atom. The van der Waals surface area contributed by atoms with Crippen LogP contribution in [0.1, 0.15) is 0 Å². The van der Waals surface area contributed by atoms with Crippen LogP contribution in [0.2, 0.25) is 0 Å². The predicted molar refractivity (Wildman–Crippen MR) is 18.8 cm³/mol. The Kier molecular flexibility index (Phi) is 13.9. The average molecular weight is 224 g/mol. The summed E-state index contributed by atoms with van der Waals surface area (Å²) < 4.78 is 17.2. The van der Waals surface area contributed by atoms with Crippen LogP contribution in [0, 0.1) is 0 Å². The van der Waals surface area contributed by atoms with Gasteiger partial charge in [0.25, 0.3) is 0 Å². The van der Waals surface area contributed by atoms with Crippen LogP contribution in [0.5, 0.6) is 0 Å². The van der Waals surface area contributed by atoms with E-state index in [1.165, 1.54) is 0 Å². The van der Waals surface area contributed by atoms with Gasteiger partial charge < -0.3 is 33.6 Å². The van der Waals surface area contributed by atoms with Crippen molar-refractivity contribution < 1.29 is 55.3 Å². The number of hydrogen-bond donors (Lipinski definition) is 1. The molecule has 1 N–H and O–H groups in total. The molecule has 58 valence electrons. The SMILES string of the molecule is O=P([O-])([O-])O.O=[PH]([O-])[O-].[Ti+4]. The van der Waals surface area contributed by atoms with Gasteiger partial charge in [0.05, 0.1) is 7.82 Å². The minimum Gasteiger partial charge on any atom is -0.813 e. The van der Waals surface area contributed by atoms with Crippen molar-refractivity contribution in [2.45, 2.75) is 0 Å². The molecule has 0 aliphatic heterocycles. The maximum Gasteiger partial charge on any atom is 4.00 e. The third-order valence-corrected chi connectivity index (χ3v) is 0. The van der Waals surface area contributed by atoms with Gasteiger partial charge in [-0.1, -0.05) is 8.25 Å². The van der Waals surface area contributed by atoms with E-state index in [1.807, 2.05) is 0 Å². The molecule has 0 saturated heterocycles. The first-order valence-electron chi connectivity index (χ1n) is 1.36. The zero-order chi connectivity index (χ0) is 8.08. The Balaban J connectivity index is -0.0000000910. The van der Waals surface area contributed by atoms with E-state index in [4.69, 9.17) is 33.6 Å². The summed E-state index contributed by atoms with van der Waals surface area (Å²) >= 11 is 0. The first kappa shape index (κ1) is 17.2. The van der Waals surface area contributed by atoms with Crippen molar-refractivity contribution >= 4 is 16.1 Å². The Hall–Kier alpha value is 0.974. The molecule has 10 heavy (non-hydrogen) atoms. The monoisotopic (exact) mass is 224 g/mol. The summed E-state index contributed by atoms with van der Waals surface area (Å²) in [6.45, 7) is 0. The molecule has 0 bridgehead atoms. The van der Waals surface area contributed by atoms with Crippen molar-refractivity contribution in [3.8, 4) is 0 Å². The first-order chi connectivity index (χ1) is 3.73. The normalized spacial score (nSPS) is 9.40. The second kappa shape index (κ2) is 8.07. The van der Waals surface area contributed by atoms with Crippen LogP contribution in [0.15, 0.2) is 0 Å². The Bertz CT molecular complexity index is 111. The number of hydrogen-bond acceptors (Lipinski definition) is 6. The average Bonchev–Trinajstić information content (AvgIpc) is 1.19. The molecule has 0 rings (SSSR count). The molecular formula is H2O7P2Ti. The first-order valence-corrected chi connectivity index (χ1v) is 4.08. The summed E-state index contributed by atoms with van der Waals surface area (Å²) in [5, 5.41) is 0. The molecule has 0 aromatic carbocycles. The van der Waals surface area contributed by atoms with Crippen LogP contribution >= 0.6 is 16.1 Å². The Morgan fingerprint density at radius 1 is 1.30 bits per heavy atom. The van der Waals surface area contributed by atoms with Gasteiger partial charge in [0.1, 0.15) is 0 Å². The van der Waals surface area contributed by atoms with Gasteiger partial charge in [0, 0.05) is 0 Å². The van der Waals surface area contributed by atoms with Crippen molar-refractivity contribution in [1.82, 2.24) is 0 Å². The van der Waals surface area contributed by atoms with Crippen LogP contribution in [0.4, 0.5) is 0 Å². The second-order valence-corrected chi connectivity index (χ2v) is 2.16. The fourth-order valence-corrected chi connectivity index (χ4v) is 0. The molecule has 0 aliphatic carbocycles. The summed E-state index contributed by atoms with van der Waals surface area (Å²) in [7, 11) is -8.77. The van der Waals surface area contributed by atoms with Crippen molar-refractivity contribution in [2.75, 3.05) is 0 Å². The van der Waals surface area contributed by atoms with Crippen molar-refractivity contribution in [1.29, 1.82) is 0 Å². The minimum atomic E-state index is -5.14. The topological polar surface area (TPSA) is 147 Å². The van der Waals surface area contributed by atoms with E-state index in [-0.39, 0.29) is 21.7 Å². The second-order valence-electron chi connectivity index (χ2n) is 0.719. The Morgan fingerprint density at radius 3 is 1.30 bits per heavy atom. The molecule has 0 fully saturated rings. The number of phosphoric acid groups is 1. The summed E-state index contributed by atoms with van der Waals surface area (Å²) in [5.74, 6) is 0. The van der Waals surface area contributed by atoms with E-state index in [0.717, 1.165) is 0 Å². The van der Waals surface area contributed by atoms with Crippen LogP contribution in [0.3, 0.4) is 0 Å². The van der Waals surface area contributed by atoms with Gasteiger partial charge in [0.2, 0.25) is 0 Å². The van der Waals surface area contributed by atoms with E-state index in [0.29, 0.717) is 0 Å². The van der Waals surface area contributed by atoms with Crippen LogP contribution < -0.4 is 19.6 Å². The van der Waals surface area contributed by atoms with Gasteiger partial charge >= 0.3 is 21.7 Å². The van der Waals surface area contributed by atoms with Gasteiger partial charge in [-0.2, -0.15) is 0 Å². The van der Waals surface area contributed by atoms with E-state index in [9.17, 15) is 0 Å². The summed E-state index contributed by atoms with van der Waals surface area (Å²) in [6, 6.07) is 0. The third-order valence-electron chi connectivity index (χ3n) is 0. The van der Waals surface area contributed by atoms with Crippen molar-refractivity contribution in [2.24, 2.45) is 0 Å². The Labute approximate surface area is 71.8 Å². The molecule has 10 heteroatoms. The molecule has 0 aromatic heterocycles. The summed E-state index contributed by atoms with van der Waals surface area (Å²) in [6.07, 6.45) is 0. The molecule has 0 saturated carbocycles. The molecule has 0 spiro atoms. The van der Waals surface area contributed by atoms with E-state index >= 15 is 0 Å². The fraction of sp³-hybridized carbons (Fsp3) is 0. The molecule has 7 nitrogen and oxygen atoms in total. The van der Waals surface area contributed by atoms with E-state index < -0.39 is 16.1 Å². The van der Waals surface area contributed by atoms with E-state index in [1.54, 1.807) is 0 Å². The van der Waals surface area contributed by atoms with Gasteiger partial charge in [-0.15, -0.1) is 0 Å². The molecule has 0 radical (unpaired) electrons. The quantitative estimate of drug-likeness (QED) is 0.324. The molecule has 0 heterocycles. The zero-order valence-electron chi connectivity index (χ0n) is 4.34. The standard InChI is InChI=1S/H3O4P.H3O3P.Ti/c1-5(2,3)4;1-4(2)3;/h(H3,1,2,3,4);4H,(H2,1,2,3);/q;;+4/p-4. The van der Waals surface area contributed by atoms with Crippen LogP contribution in [-0.4, -0.2) is 4.89 Å². The predicted octanol–water partition coefficient (Wildman–Crippen LogP) is -4.10. The molecule has 0 aromatic rings. The van der Waals surface area contributed by atoms with Crippen molar-refractivity contribution in [3.63, 3.8) is 0 Å². The summed E-state index contributed by atoms with van der Waals surface area (Å²) in [5.41, 5.74) is 0. The molecular weight excluding hydrogens is 222 g/mol.